The second-order valence-electron chi connectivity index (χ2n) is 5.96. The van der Waals surface area contributed by atoms with Crippen LogP contribution in [0.25, 0.3) is 0 Å². The molecule has 0 amide bonds. The number of aliphatic hydroxyl groups is 1. The predicted octanol–water partition coefficient (Wildman–Crippen LogP) is 1.54. The summed E-state index contributed by atoms with van der Waals surface area (Å²) in [7, 11) is 0. The van der Waals surface area contributed by atoms with Crippen molar-refractivity contribution in [2.45, 2.75) is 16.4 Å². The van der Waals surface area contributed by atoms with Crippen LogP contribution in [0, 0.1) is 47.3 Å². The lowest BCUT2D eigenvalue weighted by molar-refractivity contribution is 0.116. The van der Waals surface area contributed by atoms with Gasteiger partial charge in [-0.3, -0.25) is 0 Å². The van der Waals surface area contributed by atoms with E-state index in [2.05, 4.69) is 22.6 Å². The first kappa shape index (κ1) is 7.04. The standard InChI is InChI=1S/C11H13IO/c12-10-6-2-1-3-4(6)9-8(10)5(2)7(3)11(9)13/h2-11,13H,1H2/t2-,3+,4-,5-,6-,7+,8-,9-,10+,11-/m1/s1. The monoisotopic (exact) mass is 288 g/mol. The minimum Gasteiger partial charge on any atom is -0.393 e. The van der Waals surface area contributed by atoms with Crippen LogP contribution in [0.3, 0.4) is 0 Å². The highest BCUT2D eigenvalue weighted by Crippen LogP contribution is 2.83. The minimum atomic E-state index is 0.125. The van der Waals surface area contributed by atoms with Crippen LogP contribution in [-0.4, -0.2) is 15.1 Å². The lowest BCUT2D eigenvalue weighted by atomic mass is 9.71. The molecule has 6 bridgehead atoms. The van der Waals surface area contributed by atoms with E-state index in [9.17, 15) is 5.11 Å². The van der Waals surface area contributed by atoms with E-state index in [0.717, 1.165) is 51.3 Å². The van der Waals surface area contributed by atoms with Crippen molar-refractivity contribution < 1.29 is 5.11 Å². The van der Waals surface area contributed by atoms with Crippen LogP contribution in [0.1, 0.15) is 6.42 Å². The fraction of sp³-hybridized carbons (Fsp3) is 1.00. The molecule has 70 valence electrons. The maximum atomic E-state index is 10.2. The molecule has 13 heavy (non-hydrogen) atoms. The van der Waals surface area contributed by atoms with Gasteiger partial charge in [-0.1, -0.05) is 22.6 Å². The van der Waals surface area contributed by atoms with Gasteiger partial charge in [-0.25, -0.2) is 0 Å². The van der Waals surface area contributed by atoms with E-state index >= 15 is 0 Å². The maximum absolute atomic E-state index is 10.2. The van der Waals surface area contributed by atoms with Gasteiger partial charge < -0.3 is 5.11 Å². The van der Waals surface area contributed by atoms with E-state index in [-0.39, 0.29) is 6.10 Å². The first-order valence-electron chi connectivity index (χ1n) is 5.63. The number of rotatable bonds is 0. The summed E-state index contributed by atoms with van der Waals surface area (Å²) < 4.78 is 0.940. The molecule has 0 aromatic rings. The SMILES string of the molecule is O[C@H]1[C@H]2[C@@H]3[C@@H](I)[C@@H]4[C@@H]5C[C@@H]([C@@H]24)[C@H]1[C@@H]53. The van der Waals surface area contributed by atoms with Gasteiger partial charge in [-0.05, 0) is 53.8 Å². The highest BCUT2D eigenvalue weighted by atomic mass is 127. The second kappa shape index (κ2) is 1.73. The molecule has 0 unspecified atom stereocenters. The summed E-state index contributed by atoms with van der Waals surface area (Å²) in [5, 5.41) is 10.2. The summed E-state index contributed by atoms with van der Waals surface area (Å²) in [6, 6.07) is 0. The average Bonchev–Trinajstić information content (AvgIpc) is 2.78. The van der Waals surface area contributed by atoms with E-state index in [1.807, 2.05) is 0 Å². The fourth-order valence-corrected chi connectivity index (χ4v) is 8.49. The van der Waals surface area contributed by atoms with Gasteiger partial charge in [0.05, 0.1) is 6.10 Å². The molecule has 6 saturated carbocycles. The van der Waals surface area contributed by atoms with E-state index in [0.29, 0.717) is 0 Å². The summed E-state index contributed by atoms with van der Waals surface area (Å²) in [6.45, 7) is 0. The van der Waals surface area contributed by atoms with Gasteiger partial charge in [0.25, 0.3) is 0 Å². The molecule has 0 aromatic carbocycles. The molecule has 1 N–H and O–H groups in total. The molecule has 10 atom stereocenters. The van der Waals surface area contributed by atoms with Crippen molar-refractivity contribution >= 4 is 22.6 Å². The highest BCUT2D eigenvalue weighted by Gasteiger charge is 2.82. The number of hydrogen-bond donors (Lipinski definition) is 1. The van der Waals surface area contributed by atoms with Crippen LogP contribution in [0.5, 0.6) is 0 Å². The first-order chi connectivity index (χ1) is 6.30. The van der Waals surface area contributed by atoms with E-state index < -0.39 is 0 Å². The molecule has 6 fully saturated rings. The summed E-state index contributed by atoms with van der Waals surface area (Å²) >= 11 is 2.70. The molecular formula is C11H13IO. The Bertz CT molecular complexity index is 283. The van der Waals surface area contributed by atoms with Crippen molar-refractivity contribution in [3.05, 3.63) is 0 Å². The first-order valence-corrected chi connectivity index (χ1v) is 6.87. The van der Waals surface area contributed by atoms with E-state index in [4.69, 9.17) is 0 Å². The zero-order valence-electron chi connectivity index (χ0n) is 7.31. The molecule has 0 radical (unpaired) electrons. The van der Waals surface area contributed by atoms with Crippen LogP contribution in [0.4, 0.5) is 0 Å². The molecule has 6 aliphatic carbocycles. The molecule has 0 aromatic heterocycles. The van der Waals surface area contributed by atoms with Gasteiger partial charge in [-0.15, -0.1) is 0 Å². The number of aliphatic hydroxyl groups excluding tert-OH is 1. The van der Waals surface area contributed by atoms with Crippen molar-refractivity contribution in [2.24, 2.45) is 47.3 Å². The Morgan fingerprint density at radius 2 is 1.54 bits per heavy atom. The van der Waals surface area contributed by atoms with Crippen molar-refractivity contribution in [2.75, 3.05) is 0 Å². The molecule has 0 spiro atoms. The largest absolute Gasteiger partial charge is 0.393 e. The summed E-state index contributed by atoms with van der Waals surface area (Å²) in [6.07, 6.45) is 1.62. The third-order valence-electron chi connectivity index (χ3n) is 6.27. The molecule has 0 saturated heterocycles. The van der Waals surface area contributed by atoms with Gasteiger partial charge >= 0.3 is 0 Å². The van der Waals surface area contributed by atoms with E-state index in [1.165, 1.54) is 6.42 Å². The molecule has 6 rings (SSSR count). The Labute approximate surface area is 91.4 Å². The highest BCUT2D eigenvalue weighted by molar-refractivity contribution is 14.1. The van der Waals surface area contributed by atoms with Crippen LogP contribution in [0.2, 0.25) is 0 Å². The summed E-state index contributed by atoms with van der Waals surface area (Å²) in [4.78, 5) is 0. The van der Waals surface area contributed by atoms with Crippen LogP contribution in [-0.2, 0) is 0 Å². The molecule has 0 aliphatic heterocycles. The predicted molar refractivity (Wildman–Crippen MR) is 56.4 cm³/mol. The topological polar surface area (TPSA) is 20.2 Å². The molecular weight excluding hydrogens is 275 g/mol. The van der Waals surface area contributed by atoms with Crippen molar-refractivity contribution in [1.29, 1.82) is 0 Å². The van der Waals surface area contributed by atoms with Crippen LogP contribution >= 0.6 is 22.6 Å². The van der Waals surface area contributed by atoms with Gasteiger partial charge in [0.2, 0.25) is 0 Å². The third-order valence-corrected chi connectivity index (χ3v) is 7.93. The molecule has 1 nitrogen and oxygen atoms in total. The zero-order valence-corrected chi connectivity index (χ0v) is 9.46. The number of alkyl halides is 1. The Kier molecular flexibility index (Phi) is 0.936. The minimum absolute atomic E-state index is 0.125. The van der Waals surface area contributed by atoms with Crippen LogP contribution < -0.4 is 0 Å². The Morgan fingerprint density at radius 3 is 2.31 bits per heavy atom. The Hall–Kier alpha value is 0.690. The second-order valence-corrected chi connectivity index (χ2v) is 7.40. The van der Waals surface area contributed by atoms with Gasteiger partial charge in [-0.2, -0.15) is 0 Å². The van der Waals surface area contributed by atoms with Crippen molar-refractivity contribution in [1.82, 2.24) is 0 Å². The fourth-order valence-electron chi connectivity index (χ4n) is 6.52. The van der Waals surface area contributed by atoms with E-state index in [1.54, 1.807) is 0 Å². The molecule has 2 heteroatoms. The molecule has 6 aliphatic rings. The normalized spacial score (nSPS) is 85.4. The van der Waals surface area contributed by atoms with Gasteiger partial charge in [0, 0.05) is 3.92 Å². The maximum Gasteiger partial charge on any atom is 0.0608 e. The Morgan fingerprint density at radius 1 is 0.846 bits per heavy atom. The average molecular weight is 288 g/mol. The Balaban J connectivity index is 1.86. The summed E-state index contributed by atoms with van der Waals surface area (Å²) in [5.74, 6) is 7.48. The smallest absolute Gasteiger partial charge is 0.0608 e. The summed E-state index contributed by atoms with van der Waals surface area (Å²) in [5.41, 5.74) is 0. The van der Waals surface area contributed by atoms with Crippen molar-refractivity contribution in [3.63, 3.8) is 0 Å². The lowest BCUT2D eigenvalue weighted by Crippen LogP contribution is -2.30. The lowest BCUT2D eigenvalue weighted by Gasteiger charge is -2.33. The van der Waals surface area contributed by atoms with Crippen LogP contribution in [0.15, 0.2) is 0 Å². The molecule has 0 heterocycles. The van der Waals surface area contributed by atoms with Gasteiger partial charge in [0.15, 0.2) is 0 Å². The zero-order chi connectivity index (χ0) is 8.48. The quantitative estimate of drug-likeness (QED) is 0.529. The van der Waals surface area contributed by atoms with Crippen molar-refractivity contribution in [3.8, 4) is 0 Å². The van der Waals surface area contributed by atoms with Gasteiger partial charge in [0.1, 0.15) is 0 Å². The third kappa shape index (κ3) is 0.451. The number of hydrogen-bond acceptors (Lipinski definition) is 1. The number of halogens is 1.